The van der Waals surface area contributed by atoms with E-state index in [9.17, 15) is 18.3 Å². The summed E-state index contributed by atoms with van der Waals surface area (Å²) in [5, 5.41) is 20.3. The van der Waals surface area contributed by atoms with Crippen LogP contribution in [-0.4, -0.2) is 48.0 Å². The topological polar surface area (TPSA) is 144 Å². The molecule has 4 N–H and O–H groups in total. The number of anilines is 1. The van der Waals surface area contributed by atoms with Gasteiger partial charge in [0.2, 0.25) is 5.78 Å². The Balaban J connectivity index is 1.44. The number of hydrogen-bond donors (Lipinski definition) is 3. The molecule has 2 aromatic heterocycles. The van der Waals surface area contributed by atoms with Crippen LogP contribution in [-0.2, 0) is 20.9 Å². The average Bonchev–Trinajstić information content (AvgIpc) is 3.38. The lowest BCUT2D eigenvalue weighted by molar-refractivity contribution is 0.101. The van der Waals surface area contributed by atoms with Crippen molar-refractivity contribution in [1.82, 2.24) is 9.97 Å². The van der Waals surface area contributed by atoms with Gasteiger partial charge in [0.25, 0.3) is 0 Å². The van der Waals surface area contributed by atoms with E-state index >= 15 is 0 Å². The molecule has 1 saturated carbocycles. The van der Waals surface area contributed by atoms with E-state index in [1.165, 1.54) is 23.9 Å². The van der Waals surface area contributed by atoms with Crippen LogP contribution in [0.15, 0.2) is 52.7 Å². The van der Waals surface area contributed by atoms with Crippen molar-refractivity contribution >= 4 is 49.2 Å². The maximum Gasteiger partial charge on any atom is 0.333 e. The summed E-state index contributed by atoms with van der Waals surface area (Å²) in [6, 6.07) is 9.68. The summed E-state index contributed by atoms with van der Waals surface area (Å²) < 4.78 is 27.7. The van der Waals surface area contributed by atoms with Gasteiger partial charge >= 0.3 is 10.3 Å². The van der Waals surface area contributed by atoms with Crippen LogP contribution >= 0.6 is 27.3 Å². The van der Waals surface area contributed by atoms with Crippen molar-refractivity contribution in [1.29, 1.82) is 0 Å². The van der Waals surface area contributed by atoms with Crippen LogP contribution in [0, 0.1) is 5.92 Å². The highest BCUT2D eigenvalue weighted by atomic mass is 79.9. The first-order chi connectivity index (χ1) is 16.2. The van der Waals surface area contributed by atoms with Crippen molar-refractivity contribution in [2.24, 2.45) is 11.1 Å². The number of aliphatic hydroxyl groups is 1. The molecule has 1 aliphatic rings. The number of nitrogens with two attached hydrogens (primary N) is 1. The third-order valence-electron chi connectivity index (χ3n) is 5.58. The second kappa shape index (κ2) is 10.6. The van der Waals surface area contributed by atoms with E-state index in [0.717, 1.165) is 15.6 Å². The van der Waals surface area contributed by atoms with E-state index in [1.807, 2.05) is 35.7 Å². The molecule has 0 saturated heterocycles. The number of aliphatic hydroxyl groups excluding tert-OH is 1. The Hall–Kier alpha value is -2.22. The summed E-state index contributed by atoms with van der Waals surface area (Å²) in [5.74, 6) is -0.233. The normalized spacial score (nSPS) is 20.4. The fourth-order valence-electron chi connectivity index (χ4n) is 3.99. The summed E-state index contributed by atoms with van der Waals surface area (Å²) in [5.41, 5.74) is 2.50. The molecule has 12 heteroatoms. The third kappa shape index (κ3) is 6.46. The second-order valence-electron chi connectivity index (χ2n) is 8.16. The van der Waals surface area contributed by atoms with E-state index in [2.05, 4.69) is 35.4 Å². The second-order valence-corrected chi connectivity index (χ2v) is 11.2. The van der Waals surface area contributed by atoms with Gasteiger partial charge in [0.15, 0.2) is 0 Å². The van der Waals surface area contributed by atoms with E-state index in [4.69, 9.17) is 5.14 Å². The molecule has 2 heterocycles. The number of rotatable bonds is 9. The minimum Gasteiger partial charge on any atom is -0.393 e. The number of benzene rings is 1. The molecule has 0 aliphatic heterocycles. The zero-order chi connectivity index (χ0) is 24.3. The quantitative estimate of drug-likeness (QED) is 0.335. The molecule has 0 amide bonds. The zero-order valence-corrected chi connectivity index (χ0v) is 21.1. The smallest absolute Gasteiger partial charge is 0.333 e. The molecular formula is C22H23BrN4O5S2. The summed E-state index contributed by atoms with van der Waals surface area (Å²) in [6.45, 7) is -0.205. The minimum atomic E-state index is -4.08. The van der Waals surface area contributed by atoms with Gasteiger partial charge in [-0.05, 0) is 54.0 Å². The number of carbonyl (C=O) groups is 1. The lowest BCUT2D eigenvalue weighted by Crippen LogP contribution is -2.24. The monoisotopic (exact) mass is 566 g/mol. The zero-order valence-electron chi connectivity index (χ0n) is 17.9. The van der Waals surface area contributed by atoms with Crippen LogP contribution in [0.5, 0.6) is 0 Å². The SMILES string of the molecule is NS(=O)(=O)OC[C@H]1CC(Nc2ncncc2C(=O)c2cc(Cc3cccc(Br)c3)cs2)C[C@@H]1O. The fraction of sp³-hybridized carbons (Fsp3) is 0.318. The largest absolute Gasteiger partial charge is 0.393 e. The van der Waals surface area contributed by atoms with E-state index in [1.54, 1.807) is 0 Å². The van der Waals surface area contributed by atoms with Gasteiger partial charge < -0.3 is 10.4 Å². The number of hydrogen-bond acceptors (Lipinski definition) is 9. The molecule has 3 aromatic rings. The van der Waals surface area contributed by atoms with Crippen molar-refractivity contribution in [3.63, 3.8) is 0 Å². The average molecular weight is 567 g/mol. The first-order valence-electron chi connectivity index (χ1n) is 10.5. The predicted molar refractivity (Wildman–Crippen MR) is 132 cm³/mol. The summed E-state index contributed by atoms with van der Waals surface area (Å²) in [6.07, 6.45) is 3.55. The van der Waals surface area contributed by atoms with Crippen molar-refractivity contribution in [2.45, 2.75) is 31.4 Å². The highest BCUT2D eigenvalue weighted by Gasteiger charge is 2.34. The number of nitrogens with zero attached hydrogens (tertiary/aromatic N) is 2. The van der Waals surface area contributed by atoms with Crippen LogP contribution in [0.1, 0.15) is 39.2 Å². The van der Waals surface area contributed by atoms with Gasteiger partial charge in [0.05, 0.1) is 23.2 Å². The molecule has 180 valence electrons. The molecule has 1 unspecified atom stereocenters. The number of ketones is 1. The van der Waals surface area contributed by atoms with Crippen LogP contribution in [0.4, 0.5) is 5.82 Å². The van der Waals surface area contributed by atoms with Gasteiger partial charge in [0, 0.05) is 22.6 Å². The molecular weight excluding hydrogens is 544 g/mol. The van der Waals surface area contributed by atoms with Gasteiger partial charge in [-0.2, -0.15) is 8.42 Å². The molecule has 1 aromatic carbocycles. The Morgan fingerprint density at radius 3 is 2.88 bits per heavy atom. The first-order valence-corrected chi connectivity index (χ1v) is 13.6. The number of nitrogens with one attached hydrogen (secondary N) is 1. The predicted octanol–water partition coefficient (Wildman–Crippen LogP) is 2.89. The maximum absolute atomic E-state index is 13.2. The fourth-order valence-corrected chi connectivity index (χ4v) is 5.67. The Kier molecular flexibility index (Phi) is 7.75. The van der Waals surface area contributed by atoms with Crippen molar-refractivity contribution < 1.29 is 22.5 Å². The van der Waals surface area contributed by atoms with Crippen molar-refractivity contribution in [2.75, 3.05) is 11.9 Å². The van der Waals surface area contributed by atoms with Crippen LogP contribution in [0.25, 0.3) is 0 Å². The van der Waals surface area contributed by atoms with Crippen LogP contribution in [0.3, 0.4) is 0 Å². The van der Waals surface area contributed by atoms with Crippen molar-refractivity contribution in [3.05, 3.63) is 74.3 Å². The standard InChI is InChI=1S/C22H23BrN4O5S2/c23-16-3-1-2-13(5-16)4-14-6-20(33-11-14)21(29)18-9-25-12-26-22(18)27-17-7-15(19(28)8-17)10-32-34(24,30)31/h1-3,5-6,9,11-12,15,17,19,28H,4,7-8,10H2,(H2,24,30,31)(H,25,26,27)/t15-,17?,19+/m1/s1. The highest BCUT2D eigenvalue weighted by Crippen LogP contribution is 2.30. The van der Waals surface area contributed by atoms with Crippen LogP contribution < -0.4 is 10.5 Å². The van der Waals surface area contributed by atoms with Crippen LogP contribution in [0.2, 0.25) is 0 Å². The number of carbonyl (C=O) groups excluding carboxylic acids is 1. The Morgan fingerprint density at radius 2 is 2.12 bits per heavy atom. The van der Waals surface area contributed by atoms with E-state index < -0.39 is 22.3 Å². The van der Waals surface area contributed by atoms with Gasteiger partial charge in [-0.3, -0.25) is 8.98 Å². The molecule has 3 atom stereocenters. The van der Waals surface area contributed by atoms with Gasteiger partial charge in [-0.25, -0.2) is 15.1 Å². The molecule has 9 nitrogen and oxygen atoms in total. The Bertz CT molecular complexity index is 1280. The summed E-state index contributed by atoms with van der Waals surface area (Å²) >= 11 is 4.84. The maximum atomic E-state index is 13.2. The summed E-state index contributed by atoms with van der Waals surface area (Å²) in [7, 11) is -4.08. The summed E-state index contributed by atoms with van der Waals surface area (Å²) in [4.78, 5) is 22.1. The van der Waals surface area contributed by atoms with Gasteiger partial charge in [-0.15, -0.1) is 11.3 Å². The number of halogens is 1. The molecule has 0 radical (unpaired) electrons. The van der Waals surface area contributed by atoms with E-state index in [0.29, 0.717) is 35.5 Å². The lowest BCUT2D eigenvalue weighted by Gasteiger charge is -2.15. The number of aromatic nitrogens is 2. The van der Waals surface area contributed by atoms with Gasteiger partial charge in [-0.1, -0.05) is 28.1 Å². The molecule has 34 heavy (non-hydrogen) atoms. The van der Waals surface area contributed by atoms with Crippen molar-refractivity contribution in [3.8, 4) is 0 Å². The Labute approximate surface area is 209 Å². The number of thiophene rings is 1. The Morgan fingerprint density at radius 1 is 1.29 bits per heavy atom. The molecule has 4 rings (SSSR count). The van der Waals surface area contributed by atoms with E-state index in [-0.39, 0.29) is 18.4 Å². The third-order valence-corrected chi connectivity index (χ3v) is 7.51. The minimum absolute atomic E-state index is 0.193. The molecule has 0 spiro atoms. The lowest BCUT2D eigenvalue weighted by atomic mass is 10.1. The molecule has 1 aliphatic carbocycles. The first kappa shape index (κ1) is 24.9. The highest BCUT2D eigenvalue weighted by molar-refractivity contribution is 9.10. The van der Waals surface area contributed by atoms with Gasteiger partial charge in [0.1, 0.15) is 12.1 Å². The molecule has 1 fully saturated rings. The molecule has 0 bridgehead atoms.